The summed E-state index contributed by atoms with van der Waals surface area (Å²) in [5, 5.41) is 6.91. The molecule has 140 valence electrons. The van der Waals surface area contributed by atoms with E-state index in [1.165, 1.54) is 16.9 Å². The standard InChI is InChI=1S/C21H22N2O2S2/c1-25-17-8-6-15(7-9-17)19-5-3-2-4-11-23(19)21(24)18-14-27-20(22-18)16-10-12-26-13-16/h6-10,12-14,19H,2-5,11H2,1H3. The number of thiazole rings is 1. The zero-order valence-electron chi connectivity index (χ0n) is 15.3. The van der Waals surface area contributed by atoms with Gasteiger partial charge in [0, 0.05) is 22.9 Å². The average Bonchev–Trinajstić information content (AvgIpc) is 3.35. The van der Waals surface area contributed by atoms with E-state index in [0.29, 0.717) is 5.69 Å². The van der Waals surface area contributed by atoms with E-state index in [2.05, 4.69) is 22.5 Å². The quantitative estimate of drug-likeness (QED) is 0.571. The summed E-state index contributed by atoms with van der Waals surface area (Å²) in [6.07, 6.45) is 4.32. The molecule has 3 heterocycles. The number of aromatic nitrogens is 1. The lowest BCUT2D eigenvalue weighted by Gasteiger charge is -2.30. The summed E-state index contributed by atoms with van der Waals surface area (Å²) in [6.45, 7) is 0.779. The van der Waals surface area contributed by atoms with Gasteiger partial charge in [0.05, 0.1) is 13.2 Å². The van der Waals surface area contributed by atoms with E-state index in [1.54, 1.807) is 18.4 Å². The molecule has 1 fully saturated rings. The van der Waals surface area contributed by atoms with Crippen molar-refractivity contribution in [1.29, 1.82) is 0 Å². The number of hydrogen-bond donors (Lipinski definition) is 0. The normalized spacial score (nSPS) is 17.5. The van der Waals surface area contributed by atoms with Crippen molar-refractivity contribution in [1.82, 2.24) is 9.88 Å². The van der Waals surface area contributed by atoms with Crippen LogP contribution < -0.4 is 4.74 Å². The molecule has 0 radical (unpaired) electrons. The van der Waals surface area contributed by atoms with Gasteiger partial charge in [-0.3, -0.25) is 4.79 Å². The molecule has 4 rings (SSSR count). The molecule has 0 bridgehead atoms. The number of carbonyl (C=O) groups is 1. The number of carbonyl (C=O) groups excluding carboxylic acids is 1. The van der Waals surface area contributed by atoms with Crippen LogP contribution in [0.4, 0.5) is 0 Å². The minimum Gasteiger partial charge on any atom is -0.497 e. The van der Waals surface area contributed by atoms with Gasteiger partial charge < -0.3 is 9.64 Å². The third-order valence-corrected chi connectivity index (χ3v) is 6.58. The maximum atomic E-state index is 13.3. The van der Waals surface area contributed by atoms with Crippen molar-refractivity contribution in [2.75, 3.05) is 13.7 Å². The second-order valence-electron chi connectivity index (χ2n) is 6.69. The molecule has 1 aromatic carbocycles. The average molecular weight is 399 g/mol. The molecular formula is C21H22N2O2S2. The number of rotatable bonds is 4. The molecule has 1 saturated heterocycles. The van der Waals surface area contributed by atoms with E-state index in [4.69, 9.17) is 4.74 Å². The number of ether oxygens (including phenoxy) is 1. The van der Waals surface area contributed by atoms with Gasteiger partial charge in [0.25, 0.3) is 5.91 Å². The SMILES string of the molecule is COc1ccc(C2CCCCCN2C(=O)c2csc(-c3ccsc3)n2)cc1. The van der Waals surface area contributed by atoms with Gasteiger partial charge in [0.1, 0.15) is 16.5 Å². The Morgan fingerprint density at radius 1 is 1.15 bits per heavy atom. The molecule has 0 aliphatic carbocycles. The summed E-state index contributed by atoms with van der Waals surface area (Å²) in [4.78, 5) is 19.9. The van der Waals surface area contributed by atoms with Gasteiger partial charge in [-0.15, -0.1) is 11.3 Å². The number of nitrogens with zero attached hydrogens (tertiary/aromatic N) is 2. The van der Waals surface area contributed by atoms with Gasteiger partial charge in [0.15, 0.2) is 0 Å². The topological polar surface area (TPSA) is 42.4 Å². The van der Waals surface area contributed by atoms with Crippen LogP contribution in [0.25, 0.3) is 10.6 Å². The van der Waals surface area contributed by atoms with Gasteiger partial charge >= 0.3 is 0 Å². The van der Waals surface area contributed by atoms with Crippen LogP contribution in [0.1, 0.15) is 47.8 Å². The summed E-state index contributed by atoms with van der Waals surface area (Å²) in [7, 11) is 1.67. The highest BCUT2D eigenvalue weighted by atomic mass is 32.1. The second-order valence-corrected chi connectivity index (χ2v) is 8.32. The van der Waals surface area contributed by atoms with Crippen LogP contribution in [-0.2, 0) is 0 Å². The van der Waals surface area contributed by atoms with Crippen molar-refractivity contribution in [3.63, 3.8) is 0 Å². The minimum absolute atomic E-state index is 0.0375. The second kappa shape index (κ2) is 8.23. The van der Waals surface area contributed by atoms with E-state index in [9.17, 15) is 4.79 Å². The summed E-state index contributed by atoms with van der Waals surface area (Å²) in [6, 6.07) is 10.2. The summed E-state index contributed by atoms with van der Waals surface area (Å²) in [5.74, 6) is 0.876. The third kappa shape index (κ3) is 3.92. The highest BCUT2D eigenvalue weighted by molar-refractivity contribution is 7.14. The summed E-state index contributed by atoms with van der Waals surface area (Å²) >= 11 is 3.18. The Hall–Kier alpha value is -2.18. The predicted molar refractivity (Wildman–Crippen MR) is 111 cm³/mol. The monoisotopic (exact) mass is 398 g/mol. The van der Waals surface area contributed by atoms with E-state index < -0.39 is 0 Å². The first-order chi connectivity index (χ1) is 13.3. The lowest BCUT2D eigenvalue weighted by molar-refractivity contribution is 0.0675. The fourth-order valence-electron chi connectivity index (χ4n) is 3.56. The molecular weight excluding hydrogens is 376 g/mol. The number of likely N-dealkylation sites (tertiary alicyclic amines) is 1. The molecule has 1 unspecified atom stereocenters. The molecule has 4 nitrogen and oxygen atoms in total. The molecule has 1 amide bonds. The maximum Gasteiger partial charge on any atom is 0.273 e. The Morgan fingerprint density at radius 2 is 2.00 bits per heavy atom. The summed E-state index contributed by atoms with van der Waals surface area (Å²) < 4.78 is 5.27. The first-order valence-corrected chi connectivity index (χ1v) is 11.0. The fourth-order valence-corrected chi connectivity index (χ4v) is 5.07. The molecule has 3 aromatic rings. The Bertz CT molecular complexity index is 887. The lowest BCUT2D eigenvalue weighted by atomic mass is 10.0. The third-order valence-electron chi connectivity index (χ3n) is 5.01. The van der Waals surface area contributed by atoms with E-state index in [-0.39, 0.29) is 11.9 Å². The number of amides is 1. The van der Waals surface area contributed by atoms with Gasteiger partial charge in [-0.05, 0) is 42.0 Å². The number of thiophene rings is 1. The summed E-state index contributed by atoms with van der Waals surface area (Å²) in [5.41, 5.74) is 2.81. The van der Waals surface area contributed by atoms with Crippen molar-refractivity contribution >= 4 is 28.6 Å². The molecule has 6 heteroatoms. The number of benzene rings is 1. The fraction of sp³-hybridized carbons (Fsp3) is 0.333. The van der Waals surface area contributed by atoms with Gasteiger partial charge in [0.2, 0.25) is 0 Å². The van der Waals surface area contributed by atoms with Crippen molar-refractivity contribution < 1.29 is 9.53 Å². The molecule has 0 N–H and O–H groups in total. The largest absolute Gasteiger partial charge is 0.497 e. The lowest BCUT2D eigenvalue weighted by Crippen LogP contribution is -2.35. The van der Waals surface area contributed by atoms with Crippen molar-refractivity contribution in [3.05, 3.63) is 57.7 Å². The smallest absolute Gasteiger partial charge is 0.273 e. The van der Waals surface area contributed by atoms with Crippen LogP contribution in [-0.4, -0.2) is 29.4 Å². The molecule has 0 spiro atoms. The molecule has 1 aliphatic rings. The highest BCUT2D eigenvalue weighted by Crippen LogP contribution is 2.33. The minimum atomic E-state index is 0.0375. The molecule has 1 aliphatic heterocycles. The first kappa shape index (κ1) is 18.2. The number of methoxy groups -OCH3 is 1. The van der Waals surface area contributed by atoms with Crippen LogP contribution >= 0.6 is 22.7 Å². The molecule has 27 heavy (non-hydrogen) atoms. The highest BCUT2D eigenvalue weighted by Gasteiger charge is 2.29. The predicted octanol–water partition coefficient (Wildman–Crippen LogP) is 5.64. The Labute approximate surface area is 167 Å². The Morgan fingerprint density at radius 3 is 2.74 bits per heavy atom. The van der Waals surface area contributed by atoms with Crippen LogP contribution in [0.15, 0.2) is 46.5 Å². The zero-order valence-corrected chi connectivity index (χ0v) is 16.9. The van der Waals surface area contributed by atoms with Crippen molar-refractivity contribution in [2.45, 2.75) is 31.7 Å². The maximum absolute atomic E-state index is 13.3. The van der Waals surface area contributed by atoms with Crippen LogP contribution in [0.5, 0.6) is 5.75 Å². The Kier molecular flexibility index (Phi) is 5.55. The first-order valence-electron chi connectivity index (χ1n) is 9.19. The van der Waals surface area contributed by atoms with E-state index >= 15 is 0 Å². The van der Waals surface area contributed by atoms with Crippen molar-refractivity contribution in [2.24, 2.45) is 0 Å². The zero-order chi connectivity index (χ0) is 18.6. The molecule has 1 atom stereocenters. The van der Waals surface area contributed by atoms with Crippen LogP contribution in [0, 0.1) is 0 Å². The van der Waals surface area contributed by atoms with Crippen molar-refractivity contribution in [3.8, 4) is 16.3 Å². The van der Waals surface area contributed by atoms with Gasteiger partial charge in [-0.2, -0.15) is 11.3 Å². The molecule has 2 aromatic heterocycles. The van der Waals surface area contributed by atoms with Crippen LogP contribution in [0.2, 0.25) is 0 Å². The van der Waals surface area contributed by atoms with E-state index in [1.807, 2.05) is 33.9 Å². The molecule has 0 saturated carbocycles. The number of hydrogen-bond acceptors (Lipinski definition) is 5. The van der Waals surface area contributed by atoms with E-state index in [0.717, 1.165) is 48.5 Å². The Balaban J connectivity index is 1.60. The van der Waals surface area contributed by atoms with Gasteiger partial charge in [-0.1, -0.05) is 25.0 Å². The van der Waals surface area contributed by atoms with Gasteiger partial charge in [-0.25, -0.2) is 4.98 Å². The van der Waals surface area contributed by atoms with Crippen LogP contribution in [0.3, 0.4) is 0 Å².